The maximum Gasteiger partial charge on any atom is 0.145 e. The minimum atomic E-state index is 0.879. The molecule has 0 amide bonds. The molecule has 48 heavy (non-hydrogen) atoms. The molecule has 0 saturated heterocycles. The van der Waals surface area contributed by atoms with Crippen molar-refractivity contribution >= 4 is 82.1 Å². The molecule has 0 aliphatic heterocycles. The summed E-state index contributed by atoms with van der Waals surface area (Å²) in [7, 11) is 0. The molecule has 224 valence electrons. The number of anilines is 3. The summed E-state index contributed by atoms with van der Waals surface area (Å²) in [5.41, 5.74) is 7.32. The summed E-state index contributed by atoms with van der Waals surface area (Å²) in [4.78, 5) is 2.49. The van der Waals surface area contributed by atoms with Crippen molar-refractivity contribution in [3.8, 4) is 11.1 Å². The molecule has 0 atom stereocenters. The van der Waals surface area contributed by atoms with Gasteiger partial charge in [-0.1, -0.05) is 146 Å². The molecular weight excluding hydrogens is 583 g/mol. The van der Waals surface area contributed by atoms with Gasteiger partial charge in [0.2, 0.25) is 0 Å². The standard InChI is InChI=1S/C46H29NO/c1-2-13-30(14-3-1)36-27-28-41(45-39-22-10-11-24-43(39)48-46(36)45)47(40-23-12-17-32-26-25-31-15-4-7-19-35(31)44(32)40)42-29-33-16-5-6-18-34(33)37-20-8-9-21-38(37)42/h1-29H. The lowest BCUT2D eigenvalue weighted by Crippen LogP contribution is -2.12. The van der Waals surface area contributed by atoms with E-state index < -0.39 is 0 Å². The number of furan rings is 1. The first-order valence-corrected chi connectivity index (χ1v) is 16.4. The van der Waals surface area contributed by atoms with Gasteiger partial charge in [-0.2, -0.15) is 0 Å². The fourth-order valence-electron chi connectivity index (χ4n) is 7.68. The third-order valence-electron chi connectivity index (χ3n) is 9.81. The van der Waals surface area contributed by atoms with E-state index in [0.29, 0.717) is 0 Å². The molecule has 9 aromatic carbocycles. The highest BCUT2D eigenvalue weighted by atomic mass is 16.3. The summed E-state index contributed by atoms with van der Waals surface area (Å²) in [6, 6.07) is 63.3. The fourth-order valence-corrected chi connectivity index (χ4v) is 7.68. The van der Waals surface area contributed by atoms with Gasteiger partial charge in [0.15, 0.2) is 0 Å². The highest BCUT2D eigenvalue weighted by molar-refractivity contribution is 6.23. The Morgan fingerprint density at radius 2 is 0.979 bits per heavy atom. The molecule has 2 nitrogen and oxygen atoms in total. The SMILES string of the molecule is c1ccc(-c2ccc(N(c3cc4ccccc4c4ccccc34)c3cccc4ccc5ccccc5c34)c3c2oc2ccccc23)cc1. The average molecular weight is 612 g/mol. The van der Waals surface area contributed by atoms with Gasteiger partial charge in [-0.25, -0.2) is 0 Å². The van der Waals surface area contributed by atoms with Crippen molar-refractivity contribution in [1.82, 2.24) is 0 Å². The number of fused-ring (bicyclic) bond motifs is 9. The number of rotatable bonds is 4. The maximum atomic E-state index is 6.79. The van der Waals surface area contributed by atoms with Crippen LogP contribution in [0.2, 0.25) is 0 Å². The molecule has 0 unspecified atom stereocenters. The Balaban J connectivity index is 1.41. The number of nitrogens with zero attached hydrogens (tertiary/aromatic N) is 1. The van der Waals surface area contributed by atoms with E-state index in [2.05, 4.69) is 181 Å². The molecule has 1 heterocycles. The van der Waals surface area contributed by atoms with Crippen molar-refractivity contribution in [3.63, 3.8) is 0 Å². The second-order valence-corrected chi connectivity index (χ2v) is 12.5. The van der Waals surface area contributed by atoms with Crippen molar-refractivity contribution in [2.75, 3.05) is 4.90 Å². The Bertz CT molecular complexity index is 2840. The van der Waals surface area contributed by atoms with Gasteiger partial charge in [-0.15, -0.1) is 0 Å². The lowest BCUT2D eigenvalue weighted by molar-refractivity contribution is 0.670. The normalized spacial score (nSPS) is 11.8. The van der Waals surface area contributed by atoms with Crippen molar-refractivity contribution in [2.24, 2.45) is 0 Å². The van der Waals surface area contributed by atoms with E-state index in [1.54, 1.807) is 0 Å². The zero-order valence-electron chi connectivity index (χ0n) is 26.1. The highest BCUT2D eigenvalue weighted by Crippen LogP contribution is 2.50. The maximum absolute atomic E-state index is 6.79. The van der Waals surface area contributed by atoms with Crippen molar-refractivity contribution in [1.29, 1.82) is 0 Å². The lowest BCUT2D eigenvalue weighted by Gasteiger charge is -2.30. The van der Waals surface area contributed by atoms with Gasteiger partial charge in [0.05, 0.1) is 22.4 Å². The van der Waals surface area contributed by atoms with E-state index >= 15 is 0 Å². The summed E-state index contributed by atoms with van der Waals surface area (Å²) in [6.07, 6.45) is 0. The lowest BCUT2D eigenvalue weighted by atomic mass is 9.95. The van der Waals surface area contributed by atoms with Crippen LogP contribution in [-0.2, 0) is 0 Å². The summed E-state index contributed by atoms with van der Waals surface area (Å²) in [6.45, 7) is 0. The topological polar surface area (TPSA) is 16.4 Å². The van der Waals surface area contributed by atoms with Crippen LogP contribution >= 0.6 is 0 Å². The van der Waals surface area contributed by atoms with Crippen LogP contribution < -0.4 is 4.90 Å². The van der Waals surface area contributed by atoms with Crippen LogP contribution in [-0.4, -0.2) is 0 Å². The van der Waals surface area contributed by atoms with Crippen LogP contribution in [0, 0.1) is 0 Å². The number of para-hydroxylation sites is 1. The fraction of sp³-hybridized carbons (Fsp3) is 0. The summed E-state index contributed by atoms with van der Waals surface area (Å²) < 4.78 is 6.79. The molecule has 0 aliphatic rings. The molecule has 0 radical (unpaired) electrons. The second kappa shape index (κ2) is 10.6. The summed E-state index contributed by atoms with van der Waals surface area (Å²) in [5.74, 6) is 0. The first-order chi connectivity index (χ1) is 23.8. The third kappa shape index (κ3) is 4.00. The smallest absolute Gasteiger partial charge is 0.145 e. The molecule has 10 aromatic rings. The monoisotopic (exact) mass is 611 g/mol. The van der Waals surface area contributed by atoms with Crippen LogP contribution in [0.4, 0.5) is 17.1 Å². The number of hydrogen-bond acceptors (Lipinski definition) is 2. The quantitative estimate of drug-likeness (QED) is 0.184. The van der Waals surface area contributed by atoms with Crippen LogP contribution in [0.1, 0.15) is 0 Å². The Hall–Kier alpha value is -6.38. The van der Waals surface area contributed by atoms with Crippen LogP contribution in [0.5, 0.6) is 0 Å². The predicted octanol–water partition coefficient (Wildman–Crippen LogP) is 13.3. The zero-order valence-corrected chi connectivity index (χ0v) is 26.1. The van der Waals surface area contributed by atoms with Gasteiger partial charge in [-0.3, -0.25) is 0 Å². The minimum absolute atomic E-state index is 0.879. The van der Waals surface area contributed by atoms with Gasteiger partial charge in [0, 0.05) is 21.7 Å². The molecule has 0 fully saturated rings. The predicted molar refractivity (Wildman–Crippen MR) is 204 cm³/mol. The molecule has 10 rings (SSSR count). The van der Waals surface area contributed by atoms with Gasteiger partial charge in [-0.05, 0) is 68.2 Å². The Kier molecular flexibility index (Phi) is 5.91. The van der Waals surface area contributed by atoms with Crippen LogP contribution in [0.3, 0.4) is 0 Å². The molecule has 0 saturated carbocycles. The first kappa shape index (κ1) is 26.8. The number of hydrogen-bond donors (Lipinski definition) is 0. The van der Waals surface area contributed by atoms with E-state index in [1.165, 1.54) is 43.1 Å². The Morgan fingerprint density at radius 3 is 1.83 bits per heavy atom. The Labute approximate surface area is 277 Å². The van der Waals surface area contributed by atoms with Crippen molar-refractivity contribution in [3.05, 3.63) is 176 Å². The highest BCUT2D eigenvalue weighted by Gasteiger charge is 2.25. The summed E-state index contributed by atoms with van der Waals surface area (Å²) in [5, 5.41) is 12.0. The van der Waals surface area contributed by atoms with Crippen LogP contribution in [0.15, 0.2) is 180 Å². The molecule has 0 aliphatic carbocycles. The van der Waals surface area contributed by atoms with E-state index in [1.807, 2.05) is 0 Å². The summed E-state index contributed by atoms with van der Waals surface area (Å²) >= 11 is 0. The van der Waals surface area contributed by atoms with Crippen molar-refractivity contribution < 1.29 is 4.42 Å². The Morgan fingerprint density at radius 1 is 0.354 bits per heavy atom. The molecule has 1 aromatic heterocycles. The third-order valence-corrected chi connectivity index (χ3v) is 9.81. The molecule has 0 N–H and O–H groups in total. The van der Waals surface area contributed by atoms with Gasteiger partial charge in [0.1, 0.15) is 11.2 Å². The first-order valence-electron chi connectivity index (χ1n) is 16.4. The van der Waals surface area contributed by atoms with Crippen LogP contribution in [0.25, 0.3) is 76.2 Å². The second-order valence-electron chi connectivity index (χ2n) is 12.5. The van der Waals surface area contributed by atoms with E-state index in [9.17, 15) is 0 Å². The van der Waals surface area contributed by atoms with E-state index in [4.69, 9.17) is 4.42 Å². The molecule has 2 heteroatoms. The molecule has 0 spiro atoms. The molecular formula is C46H29NO. The minimum Gasteiger partial charge on any atom is -0.455 e. The average Bonchev–Trinajstić information content (AvgIpc) is 3.55. The number of benzene rings is 9. The van der Waals surface area contributed by atoms with E-state index in [-0.39, 0.29) is 0 Å². The van der Waals surface area contributed by atoms with Gasteiger partial charge < -0.3 is 9.32 Å². The zero-order chi connectivity index (χ0) is 31.6. The largest absolute Gasteiger partial charge is 0.455 e. The molecule has 0 bridgehead atoms. The van der Waals surface area contributed by atoms with Crippen molar-refractivity contribution in [2.45, 2.75) is 0 Å². The van der Waals surface area contributed by atoms with Gasteiger partial charge >= 0.3 is 0 Å². The van der Waals surface area contributed by atoms with Gasteiger partial charge in [0.25, 0.3) is 0 Å². The van der Waals surface area contributed by atoms with E-state index in [0.717, 1.165) is 50.1 Å².